The second-order valence-corrected chi connectivity index (χ2v) is 6.81. The Morgan fingerprint density at radius 1 is 1.29 bits per heavy atom. The van der Waals surface area contributed by atoms with Crippen molar-refractivity contribution < 1.29 is 14.5 Å². The zero-order valence-corrected chi connectivity index (χ0v) is 16.1. The number of aryl methyl sites for hydroxylation is 1. The number of nitro groups is 1. The van der Waals surface area contributed by atoms with Crippen LogP contribution in [0.2, 0.25) is 0 Å². The third-order valence-electron chi connectivity index (χ3n) is 4.98. The number of ether oxygens (including phenoxy) is 1. The lowest BCUT2D eigenvalue weighted by atomic mass is 10.0. The summed E-state index contributed by atoms with van der Waals surface area (Å²) < 4.78 is 6.82. The molecule has 1 saturated heterocycles. The van der Waals surface area contributed by atoms with Crippen molar-refractivity contribution in [3.63, 3.8) is 0 Å². The molecule has 1 fully saturated rings. The van der Waals surface area contributed by atoms with E-state index in [1.807, 2.05) is 18.2 Å². The maximum atomic E-state index is 12.5. The largest absolute Gasteiger partial charge is 0.379 e. The van der Waals surface area contributed by atoms with E-state index in [9.17, 15) is 14.9 Å². The van der Waals surface area contributed by atoms with Crippen molar-refractivity contribution in [3.8, 4) is 0 Å². The molecule has 1 aliphatic heterocycles. The van der Waals surface area contributed by atoms with Crippen molar-refractivity contribution in [1.29, 1.82) is 0 Å². The average Bonchev–Trinajstić information content (AvgIpc) is 2.97. The number of aromatic nitrogens is 2. The van der Waals surface area contributed by atoms with E-state index >= 15 is 0 Å². The quantitative estimate of drug-likeness (QED) is 0.572. The van der Waals surface area contributed by atoms with Crippen molar-refractivity contribution in [2.24, 2.45) is 0 Å². The maximum absolute atomic E-state index is 12.5. The average molecular weight is 387 g/mol. The van der Waals surface area contributed by atoms with Gasteiger partial charge < -0.3 is 10.1 Å². The summed E-state index contributed by atoms with van der Waals surface area (Å²) >= 11 is 0. The van der Waals surface area contributed by atoms with Crippen LogP contribution in [0.25, 0.3) is 0 Å². The SMILES string of the molecule is Cc1nn(CC(=O)NCC(c2ccccc2)N2CCOCC2)c(C)c1[N+](=O)[O-]. The van der Waals surface area contributed by atoms with E-state index in [2.05, 4.69) is 27.4 Å². The lowest BCUT2D eigenvalue weighted by Crippen LogP contribution is -2.44. The topological polar surface area (TPSA) is 103 Å². The number of hydrogen-bond acceptors (Lipinski definition) is 6. The fourth-order valence-electron chi connectivity index (χ4n) is 3.53. The summed E-state index contributed by atoms with van der Waals surface area (Å²) in [5.74, 6) is -0.227. The van der Waals surface area contributed by atoms with Gasteiger partial charge in [0.15, 0.2) is 0 Å². The summed E-state index contributed by atoms with van der Waals surface area (Å²) in [4.78, 5) is 25.4. The van der Waals surface area contributed by atoms with Gasteiger partial charge in [-0.15, -0.1) is 0 Å². The van der Waals surface area contributed by atoms with Gasteiger partial charge in [-0.1, -0.05) is 30.3 Å². The number of rotatable bonds is 7. The molecule has 150 valence electrons. The molecule has 1 N–H and O–H groups in total. The number of benzene rings is 1. The highest BCUT2D eigenvalue weighted by Crippen LogP contribution is 2.22. The Balaban J connectivity index is 1.67. The van der Waals surface area contributed by atoms with Gasteiger partial charge in [0.2, 0.25) is 5.91 Å². The molecule has 1 unspecified atom stereocenters. The first-order chi connectivity index (χ1) is 13.5. The number of nitrogens with zero attached hydrogens (tertiary/aromatic N) is 4. The molecule has 2 aromatic rings. The van der Waals surface area contributed by atoms with Crippen LogP contribution in [0.5, 0.6) is 0 Å². The van der Waals surface area contributed by atoms with Gasteiger partial charge in [-0.25, -0.2) is 0 Å². The Labute approximate surface area is 163 Å². The monoisotopic (exact) mass is 387 g/mol. The Kier molecular flexibility index (Phi) is 6.37. The zero-order chi connectivity index (χ0) is 20.1. The van der Waals surface area contributed by atoms with Crippen molar-refractivity contribution in [3.05, 3.63) is 57.4 Å². The van der Waals surface area contributed by atoms with Crippen LogP contribution < -0.4 is 5.32 Å². The Bertz CT molecular complexity index is 830. The number of carbonyl (C=O) groups excluding carboxylic acids is 1. The highest BCUT2D eigenvalue weighted by molar-refractivity contribution is 5.76. The van der Waals surface area contributed by atoms with Crippen LogP contribution in [0.4, 0.5) is 5.69 Å². The van der Waals surface area contributed by atoms with Crippen molar-refractivity contribution in [1.82, 2.24) is 20.0 Å². The summed E-state index contributed by atoms with van der Waals surface area (Å²) in [5, 5.41) is 18.2. The molecular formula is C19H25N5O4. The molecule has 0 saturated carbocycles. The van der Waals surface area contributed by atoms with Crippen LogP contribution in [0.15, 0.2) is 30.3 Å². The van der Waals surface area contributed by atoms with E-state index in [4.69, 9.17) is 4.74 Å². The highest BCUT2D eigenvalue weighted by Gasteiger charge is 2.25. The van der Waals surface area contributed by atoms with Crippen LogP contribution in [-0.4, -0.2) is 58.4 Å². The molecule has 28 heavy (non-hydrogen) atoms. The fraction of sp³-hybridized carbons (Fsp3) is 0.474. The summed E-state index contributed by atoms with van der Waals surface area (Å²) in [6.45, 7) is 6.53. The van der Waals surface area contributed by atoms with E-state index < -0.39 is 4.92 Å². The van der Waals surface area contributed by atoms with Gasteiger partial charge in [0.1, 0.15) is 17.9 Å². The third-order valence-corrected chi connectivity index (χ3v) is 4.98. The van der Waals surface area contributed by atoms with E-state index in [1.54, 1.807) is 13.8 Å². The molecule has 0 spiro atoms. The molecule has 3 rings (SSSR count). The maximum Gasteiger partial charge on any atom is 0.312 e. The molecule has 1 amide bonds. The van der Waals surface area contributed by atoms with Gasteiger partial charge in [-0.3, -0.25) is 24.5 Å². The number of amides is 1. The first-order valence-corrected chi connectivity index (χ1v) is 9.29. The number of morpholine rings is 1. The predicted molar refractivity (Wildman–Crippen MR) is 103 cm³/mol. The van der Waals surface area contributed by atoms with Gasteiger partial charge in [0, 0.05) is 19.6 Å². The Hall–Kier alpha value is -2.78. The number of nitrogens with one attached hydrogen (secondary N) is 1. The first kappa shape index (κ1) is 20.0. The smallest absolute Gasteiger partial charge is 0.312 e. The minimum absolute atomic E-state index is 0.0386. The van der Waals surface area contributed by atoms with Crippen molar-refractivity contribution in [2.75, 3.05) is 32.8 Å². The second-order valence-electron chi connectivity index (χ2n) is 6.81. The fourth-order valence-corrected chi connectivity index (χ4v) is 3.53. The van der Waals surface area contributed by atoms with Crippen LogP contribution in [0.3, 0.4) is 0 Å². The van der Waals surface area contributed by atoms with Crippen LogP contribution >= 0.6 is 0 Å². The molecule has 0 aliphatic carbocycles. The Morgan fingerprint density at radius 2 is 1.96 bits per heavy atom. The van der Waals surface area contributed by atoms with Crippen LogP contribution in [-0.2, 0) is 16.1 Å². The Morgan fingerprint density at radius 3 is 2.57 bits per heavy atom. The lowest BCUT2D eigenvalue weighted by Gasteiger charge is -2.35. The molecule has 1 atom stereocenters. The summed E-state index contributed by atoms with van der Waals surface area (Å²) in [6.07, 6.45) is 0. The standard InChI is InChI=1S/C19H25N5O4/c1-14-19(24(26)27)15(2)23(21-14)13-18(25)20-12-17(16-6-4-3-5-7-16)22-8-10-28-11-9-22/h3-7,17H,8-13H2,1-2H3,(H,20,25). The van der Waals surface area contributed by atoms with Crippen LogP contribution in [0, 0.1) is 24.0 Å². The molecule has 9 heteroatoms. The van der Waals surface area contributed by atoms with Crippen molar-refractivity contribution in [2.45, 2.75) is 26.4 Å². The minimum Gasteiger partial charge on any atom is -0.379 e. The summed E-state index contributed by atoms with van der Waals surface area (Å²) in [6, 6.07) is 10.1. The molecule has 2 heterocycles. The number of carbonyl (C=O) groups is 1. The van der Waals surface area contributed by atoms with Crippen LogP contribution in [0.1, 0.15) is 23.0 Å². The van der Waals surface area contributed by atoms with E-state index in [0.29, 0.717) is 31.1 Å². The van der Waals surface area contributed by atoms with E-state index in [1.165, 1.54) is 4.68 Å². The van der Waals surface area contributed by atoms with Gasteiger partial charge in [-0.2, -0.15) is 5.10 Å². The first-order valence-electron chi connectivity index (χ1n) is 9.29. The third kappa shape index (κ3) is 4.55. The van der Waals surface area contributed by atoms with Crippen molar-refractivity contribution >= 4 is 11.6 Å². The number of hydrogen-bond donors (Lipinski definition) is 1. The molecule has 1 aromatic heterocycles. The minimum atomic E-state index is -0.462. The van der Waals surface area contributed by atoms with E-state index in [-0.39, 0.29) is 24.2 Å². The lowest BCUT2D eigenvalue weighted by molar-refractivity contribution is -0.386. The molecular weight excluding hydrogens is 362 g/mol. The molecule has 1 aliphatic rings. The second kappa shape index (κ2) is 8.94. The predicted octanol–water partition coefficient (Wildman–Crippen LogP) is 1.60. The summed E-state index contributed by atoms with van der Waals surface area (Å²) in [7, 11) is 0. The molecule has 0 bridgehead atoms. The molecule has 1 aromatic carbocycles. The molecule has 0 radical (unpaired) electrons. The zero-order valence-electron chi connectivity index (χ0n) is 16.1. The summed E-state index contributed by atoms with van der Waals surface area (Å²) in [5.41, 5.74) is 1.78. The van der Waals surface area contributed by atoms with Gasteiger partial charge in [0.25, 0.3) is 0 Å². The van der Waals surface area contributed by atoms with E-state index in [0.717, 1.165) is 18.7 Å². The molecule has 9 nitrogen and oxygen atoms in total. The normalized spacial score (nSPS) is 15.9. The van der Waals surface area contributed by atoms with Gasteiger partial charge in [-0.05, 0) is 19.4 Å². The van der Waals surface area contributed by atoms with Gasteiger partial charge >= 0.3 is 5.69 Å². The highest BCUT2D eigenvalue weighted by atomic mass is 16.6. The van der Waals surface area contributed by atoms with Gasteiger partial charge in [0.05, 0.1) is 24.2 Å².